The van der Waals surface area contributed by atoms with Crippen molar-refractivity contribution in [3.8, 4) is 17.2 Å². The van der Waals surface area contributed by atoms with Gasteiger partial charge in [0.25, 0.3) is 0 Å². The molecule has 4 nitrogen and oxygen atoms in total. The van der Waals surface area contributed by atoms with Crippen LogP contribution in [-0.4, -0.2) is 33.0 Å². The summed E-state index contributed by atoms with van der Waals surface area (Å²) in [5, 5.41) is 9.13. The Morgan fingerprint density at radius 3 is 2.12 bits per heavy atom. The summed E-state index contributed by atoms with van der Waals surface area (Å²) < 4.78 is 15.9. The zero-order valence-corrected chi connectivity index (χ0v) is 10.4. The van der Waals surface area contributed by atoms with Gasteiger partial charge in [-0.15, -0.1) is 0 Å². The number of methoxy groups -OCH3 is 3. The lowest BCUT2D eigenvalue weighted by atomic mass is 10.1. The number of rotatable bonds is 5. The summed E-state index contributed by atoms with van der Waals surface area (Å²) >= 11 is 0. The first kappa shape index (κ1) is 12.0. The van der Waals surface area contributed by atoms with Gasteiger partial charge in [-0.1, -0.05) is 0 Å². The minimum Gasteiger partial charge on any atom is -0.496 e. The van der Waals surface area contributed by atoms with Crippen LogP contribution < -0.4 is 14.2 Å². The van der Waals surface area contributed by atoms with E-state index >= 15 is 0 Å². The summed E-state index contributed by atoms with van der Waals surface area (Å²) in [5.41, 5.74) is 1.09. The summed E-state index contributed by atoms with van der Waals surface area (Å²) in [4.78, 5) is 0. The van der Waals surface area contributed by atoms with Gasteiger partial charge in [0.05, 0.1) is 21.3 Å². The average molecular weight is 238 g/mol. The highest BCUT2D eigenvalue weighted by atomic mass is 16.5. The third-order valence-corrected chi connectivity index (χ3v) is 3.29. The minimum absolute atomic E-state index is 0.224. The zero-order chi connectivity index (χ0) is 12.4. The molecule has 1 aliphatic rings. The Morgan fingerprint density at radius 1 is 1.06 bits per heavy atom. The van der Waals surface area contributed by atoms with Crippen molar-refractivity contribution in [1.82, 2.24) is 0 Å². The van der Waals surface area contributed by atoms with E-state index in [0.717, 1.165) is 17.7 Å². The molecular weight excluding hydrogens is 220 g/mol. The Hall–Kier alpha value is -1.42. The molecule has 17 heavy (non-hydrogen) atoms. The van der Waals surface area contributed by atoms with E-state index in [0.29, 0.717) is 23.3 Å². The van der Waals surface area contributed by atoms with Gasteiger partial charge in [-0.25, -0.2) is 0 Å². The molecular formula is C13H18O4. The molecule has 0 saturated heterocycles. The highest BCUT2D eigenvalue weighted by Gasteiger charge is 2.40. The van der Waals surface area contributed by atoms with Gasteiger partial charge in [0, 0.05) is 18.2 Å². The lowest BCUT2D eigenvalue weighted by molar-refractivity contribution is 0.273. The molecule has 1 fully saturated rings. The molecule has 0 amide bonds. The molecule has 4 heteroatoms. The van der Waals surface area contributed by atoms with Crippen LogP contribution >= 0.6 is 0 Å². The van der Waals surface area contributed by atoms with Crippen LogP contribution in [0, 0.1) is 5.92 Å². The minimum atomic E-state index is 0.224. The lowest BCUT2D eigenvalue weighted by Gasteiger charge is -2.13. The molecule has 2 atom stereocenters. The molecule has 1 N–H and O–H groups in total. The standard InChI is InChI=1S/C13H18O4/c1-15-11-6-13(17-3)12(16-2)5-10(11)9-4-8(9)7-14/h5-6,8-9,14H,4,7H2,1-3H3. The first-order valence-electron chi connectivity index (χ1n) is 5.65. The molecule has 1 aliphatic carbocycles. The normalized spacial score (nSPS) is 22.1. The van der Waals surface area contributed by atoms with Crippen molar-refractivity contribution < 1.29 is 19.3 Å². The van der Waals surface area contributed by atoms with Gasteiger partial charge in [0.2, 0.25) is 0 Å². The van der Waals surface area contributed by atoms with Crippen molar-refractivity contribution in [2.75, 3.05) is 27.9 Å². The van der Waals surface area contributed by atoms with Gasteiger partial charge < -0.3 is 19.3 Å². The molecule has 0 radical (unpaired) electrons. The second kappa shape index (κ2) is 4.84. The molecule has 0 bridgehead atoms. The fourth-order valence-electron chi connectivity index (χ4n) is 2.17. The zero-order valence-electron chi connectivity index (χ0n) is 10.4. The van der Waals surface area contributed by atoms with E-state index < -0.39 is 0 Å². The van der Waals surface area contributed by atoms with Gasteiger partial charge in [-0.05, 0) is 24.3 Å². The van der Waals surface area contributed by atoms with Crippen LogP contribution in [0.1, 0.15) is 17.9 Å². The van der Waals surface area contributed by atoms with Gasteiger partial charge in [0.1, 0.15) is 5.75 Å². The first-order valence-corrected chi connectivity index (χ1v) is 5.65. The molecule has 0 aliphatic heterocycles. The van der Waals surface area contributed by atoms with E-state index in [2.05, 4.69) is 0 Å². The van der Waals surface area contributed by atoms with Gasteiger partial charge in [-0.3, -0.25) is 0 Å². The van der Waals surface area contributed by atoms with Crippen molar-refractivity contribution in [2.45, 2.75) is 12.3 Å². The maximum atomic E-state index is 9.13. The predicted octanol–water partition coefficient (Wildman–Crippen LogP) is 1.81. The van der Waals surface area contributed by atoms with Gasteiger partial charge in [-0.2, -0.15) is 0 Å². The predicted molar refractivity (Wildman–Crippen MR) is 64.0 cm³/mol. The van der Waals surface area contributed by atoms with Crippen molar-refractivity contribution in [3.05, 3.63) is 17.7 Å². The maximum Gasteiger partial charge on any atom is 0.164 e. The van der Waals surface area contributed by atoms with Crippen molar-refractivity contribution in [1.29, 1.82) is 0 Å². The van der Waals surface area contributed by atoms with E-state index in [1.54, 1.807) is 21.3 Å². The van der Waals surface area contributed by atoms with Gasteiger partial charge >= 0.3 is 0 Å². The van der Waals surface area contributed by atoms with E-state index in [4.69, 9.17) is 19.3 Å². The topological polar surface area (TPSA) is 47.9 Å². The summed E-state index contributed by atoms with van der Waals surface area (Å²) in [6.07, 6.45) is 1.00. The van der Waals surface area contributed by atoms with Crippen LogP contribution in [0.25, 0.3) is 0 Å². The number of aliphatic hydroxyl groups is 1. The number of aliphatic hydroxyl groups excluding tert-OH is 1. The second-order valence-electron chi connectivity index (χ2n) is 4.23. The van der Waals surface area contributed by atoms with Crippen LogP contribution in [0.5, 0.6) is 17.2 Å². The smallest absolute Gasteiger partial charge is 0.164 e. The first-order chi connectivity index (χ1) is 8.24. The second-order valence-corrected chi connectivity index (χ2v) is 4.23. The van der Waals surface area contributed by atoms with E-state index in [-0.39, 0.29) is 6.61 Å². The maximum absolute atomic E-state index is 9.13. The Bertz CT molecular complexity index is 403. The van der Waals surface area contributed by atoms with Crippen LogP contribution in [-0.2, 0) is 0 Å². The molecule has 2 unspecified atom stereocenters. The van der Waals surface area contributed by atoms with Crippen LogP contribution in [0.3, 0.4) is 0 Å². The largest absolute Gasteiger partial charge is 0.496 e. The highest BCUT2D eigenvalue weighted by molar-refractivity contribution is 5.53. The summed E-state index contributed by atoms with van der Waals surface area (Å²) in [6.45, 7) is 0.224. The van der Waals surface area contributed by atoms with E-state index in [1.165, 1.54) is 0 Å². The molecule has 94 valence electrons. The summed E-state index contributed by atoms with van der Waals surface area (Å²) in [6, 6.07) is 3.78. The van der Waals surface area contributed by atoms with Crippen molar-refractivity contribution >= 4 is 0 Å². The van der Waals surface area contributed by atoms with E-state index in [1.807, 2.05) is 12.1 Å². The average Bonchev–Trinajstić information content (AvgIpc) is 3.16. The fraction of sp³-hybridized carbons (Fsp3) is 0.538. The van der Waals surface area contributed by atoms with Crippen molar-refractivity contribution in [2.24, 2.45) is 5.92 Å². The third-order valence-electron chi connectivity index (χ3n) is 3.29. The number of hydrogen-bond donors (Lipinski definition) is 1. The third kappa shape index (κ3) is 2.17. The Labute approximate surface area is 101 Å². The summed E-state index contributed by atoms with van der Waals surface area (Å²) in [7, 11) is 4.86. The number of ether oxygens (including phenoxy) is 3. The fourth-order valence-corrected chi connectivity index (χ4v) is 2.17. The quantitative estimate of drug-likeness (QED) is 0.850. The van der Waals surface area contributed by atoms with Crippen LogP contribution in [0.15, 0.2) is 12.1 Å². The Morgan fingerprint density at radius 2 is 1.65 bits per heavy atom. The van der Waals surface area contributed by atoms with Crippen molar-refractivity contribution in [3.63, 3.8) is 0 Å². The van der Waals surface area contributed by atoms with E-state index in [9.17, 15) is 0 Å². The highest BCUT2D eigenvalue weighted by Crippen LogP contribution is 2.52. The molecule has 1 aromatic rings. The summed E-state index contributed by atoms with van der Waals surface area (Å²) in [5.74, 6) is 2.88. The monoisotopic (exact) mass is 238 g/mol. The number of hydrogen-bond acceptors (Lipinski definition) is 4. The SMILES string of the molecule is COc1cc(OC)c(C2CC2CO)cc1OC. The number of benzene rings is 1. The van der Waals surface area contributed by atoms with Crippen LogP contribution in [0.4, 0.5) is 0 Å². The van der Waals surface area contributed by atoms with Crippen LogP contribution in [0.2, 0.25) is 0 Å². The molecule has 2 rings (SSSR count). The Kier molecular flexibility index (Phi) is 3.43. The van der Waals surface area contributed by atoms with Gasteiger partial charge in [0.15, 0.2) is 11.5 Å². The molecule has 1 aromatic carbocycles. The molecule has 0 heterocycles. The molecule has 0 aromatic heterocycles. The molecule has 1 saturated carbocycles. The lowest BCUT2D eigenvalue weighted by Crippen LogP contribution is -1.97. The Balaban J connectivity index is 2.37. The molecule has 0 spiro atoms.